The van der Waals surface area contributed by atoms with Gasteiger partial charge in [0, 0.05) is 23.2 Å². The molecule has 104 valence electrons. The Hall–Kier alpha value is -1.70. The Bertz CT molecular complexity index is 480. The number of nitro groups is 1. The van der Waals surface area contributed by atoms with Gasteiger partial charge in [-0.15, -0.1) is 0 Å². The minimum Gasteiger partial charge on any atom is -0.468 e. The number of rotatable bonds is 6. The molecule has 0 saturated carbocycles. The van der Waals surface area contributed by atoms with Crippen LogP contribution in [0.25, 0.3) is 0 Å². The molecular weight excluding hydrogens is 276 g/mol. The van der Waals surface area contributed by atoms with E-state index < -0.39 is 23.5 Å². The number of aliphatic hydroxyl groups is 1. The van der Waals surface area contributed by atoms with Crippen LogP contribution in [0.3, 0.4) is 0 Å². The third-order valence-corrected chi connectivity index (χ3v) is 2.68. The van der Waals surface area contributed by atoms with Gasteiger partial charge in [0.05, 0.1) is 18.6 Å². The first-order chi connectivity index (χ1) is 8.99. The molecule has 8 heteroatoms. The second-order valence-electron chi connectivity index (χ2n) is 3.67. The second kappa shape index (κ2) is 7.03. The van der Waals surface area contributed by atoms with Crippen molar-refractivity contribution in [2.75, 3.05) is 13.7 Å². The summed E-state index contributed by atoms with van der Waals surface area (Å²) in [4.78, 5) is 21.5. The minimum atomic E-state index is -0.941. The molecule has 1 unspecified atom stereocenters. The number of ether oxygens (including phenoxy) is 1. The Morgan fingerprint density at radius 2 is 2.32 bits per heavy atom. The lowest BCUT2D eigenvalue weighted by molar-refractivity contribution is -0.385. The quantitative estimate of drug-likeness (QED) is 0.457. The monoisotopic (exact) mass is 288 g/mol. The number of aliphatic hydroxyl groups excluding tert-OH is 1. The summed E-state index contributed by atoms with van der Waals surface area (Å²) >= 11 is 5.77. The fourth-order valence-corrected chi connectivity index (χ4v) is 1.67. The molecule has 19 heavy (non-hydrogen) atoms. The van der Waals surface area contributed by atoms with Gasteiger partial charge in [0.2, 0.25) is 0 Å². The lowest BCUT2D eigenvalue weighted by Crippen LogP contribution is -2.40. The number of nitrogens with zero attached hydrogens (tertiary/aromatic N) is 1. The summed E-state index contributed by atoms with van der Waals surface area (Å²) in [6.07, 6.45) is 0. The van der Waals surface area contributed by atoms with Crippen molar-refractivity contribution in [1.29, 1.82) is 0 Å². The Morgan fingerprint density at radius 1 is 1.63 bits per heavy atom. The molecule has 0 fully saturated rings. The molecule has 1 aromatic rings. The van der Waals surface area contributed by atoms with Gasteiger partial charge in [-0.05, 0) is 12.1 Å². The number of carbonyl (C=O) groups is 1. The van der Waals surface area contributed by atoms with Crippen molar-refractivity contribution >= 4 is 23.3 Å². The molecule has 0 saturated heterocycles. The average molecular weight is 289 g/mol. The highest BCUT2D eigenvalue weighted by Gasteiger charge is 2.20. The van der Waals surface area contributed by atoms with E-state index in [9.17, 15) is 14.9 Å². The summed E-state index contributed by atoms with van der Waals surface area (Å²) < 4.78 is 4.47. The Labute approximate surface area is 114 Å². The molecule has 0 aliphatic rings. The van der Waals surface area contributed by atoms with Crippen molar-refractivity contribution in [2.45, 2.75) is 12.6 Å². The fourth-order valence-electron chi connectivity index (χ4n) is 1.47. The predicted octanol–water partition coefficient (Wildman–Crippen LogP) is 0.872. The van der Waals surface area contributed by atoms with Crippen LogP contribution in [0, 0.1) is 10.1 Å². The standard InChI is InChI=1S/C11H13ClN2O5/c1-19-11(16)9(6-15)13-5-7-4-8(12)2-3-10(7)14(17)18/h2-4,9,13,15H,5-6H2,1H3. The summed E-state index contributed by atoms with van der Waals surface area (Å²) in [6.45, 7) is -0.460. The van der Waals surface area contributed by atoms with Gasteiger partial charge in [-0.1, -0.05) is 11.6 Å². The number of nitro benzene ring substituents is 1. The van der Waals surface area contributed by atoms with E-state index >= 15 is 0 Å². The maximum Gasteiger partial charge on any atom is 0.325 e. The number of hydrogen-bond acceptors (Lipinski definition) is 6. The number of esters is 1. The highest BCUT2D eigenvalue weighted by Crippen LogP contribution is 2.22. The maximum absolute atomic E-state index is 11.2. The van der Waals surface area contributed by atoms with Gasteiger partial charge < -0.3 is 9.84 Å². The van der Waals surface area contributed by atoms with Crippen LogP contribution < -0.4 is 5.32 Å². The molecule has 0 aliphatic carbocycles. The van der Waals surface area contributed by atoms with E-state index in [0.29, 0.717) is 10.6 Å². The molecule has 0 heterocycles. The van der Waals surface area contributed by atoms with E-state index in [1.807, 2.05) is 0 Å². The van der Waals surface area contributed by atoms with Crippen LogP contribution >= 0.6 is 11.6 Å². The highest BCUT2D eigenvalue weighted by atomic mass is 35.5. The molecule has 2 N–H and O–H groups in total. The van der Waals surface area contributed by atoms with Crippen LogP contribution in [0.15, 0.2) is 18.2 Å². The molecule has 1 aromatic carbocycles. The molecule has 0 spiro atoms. The van der Waals surface area contributed by atoms with E-state index in [1.165, 1.54) is 25.3 Å². The van der Waals surface area contributed by atoms with Crippen molar-refractivity contribution in [3.8, 4) is 0 Å². The van der Waals surface area contributed by atoms with Crippen LogP contribution in [0.4, 0.5) is 5.69 Å². The van der Waals surface area contributed by atoms with Gasteiger partial charge in [0.25, 0.3) is 5.69 Å². The molecule has 1 atom stereocenters. The summed E-state index contributed by atoms with van der Waals surface area (Å²) in [6, 6.07) is 3.18. The lowest BCUT2D eigenvalue weighted by Gasteiger charge is -2.13. The van der Waals surface area contributed by atoms with Crippen LogP contribution in [0.5, 0.6) is 0 Å². The largest absolute Gasteiger partial charge is 0.468 e. The zero-order chi connectivity index (χ0) is 14.4. The molecular formula is C11H13ClN2O5. The fraction of sp³-hybridized carbons (Fsp3) is 0.364. The third kappa shape index (κ3) is 4.16. The molecule has 1 rings (SSSR count). The molecule has 0 radical (unpaired) electrons. The Morgan fingerprint density at radius 3 is 2.84 bits per heavy atom. The van der Waals surface area contributed by atoms with Crippen molar-refractivity contribution < 1.29 is 19.6 Å². The van der Waals surface area contributed by atoms with Crippen molar-refractivity contribution in [2.24, 2.45) is 0 Å². The van der Waals surface area contributed by atoms with Crippen LogP contribution in [0.1, 0.15) is 5.56 Å². The van der Waals surface area contributed by atoms with E-state index in [4.69, 9.17) is 16.7 Å². The second-order valence-corrected chi connectivity index (χ2v) is 4.11. The van der Waals surface area contributed by atoms with Gasteiger partial charge >= 0.3 is 5.97 Å². The van der Waals surface area contributed by atoms with Crippen LogP contribution in [-0.2, 0) is 16.1 Å². The average Bonchev–Trinajstić information content (AvgIpc) is 2.38. The Balaban J connectivity index is 2.84. The summed E-state index contributed by atoms with van der Waals surface area (Å²) in [5, 5.41) is 22.9. The van der Waals surface area contributed by atoms with E-state index in [1.54, 1.807) is 0 Å². The van der Waals surface area contributed by atoms with E-state index in [-0.39, 0.29) is 12.2 Å². The number of carbonyl (C=O) groups excluding carboxylic acids is 1. The summed E-state index contributed by atoms with van der Waals surface area (Å²) in [5.74, 6) is -0.646. The van der Waals surface area contributed by atoms with E-state index in [0.717, 1.165) is 0 Å². The van der Waals surface area contributed by atoms with Gasteiger partial charge in [0.1, 0.15) is 6.04 Å². The first kappa shape index (κ1) is 15.4. The lowest BCUT2D eigenvalue weighted by atomic mass is 10.1. The minimum absolute atomic E-state index is 0.0111. The van der Waals surface area contributed by atoms with Crippen molar-refractivity contribution in [3.05, 3.63) is 38.9 Å². The summed E-state index contributed by atoms with van der Waals surface area (Å²) in [5.41, 5.74) is 0.207. The van der Waals surface area contributed by atoms with Crippen molar-refractivity contribution in [1.82, 2.24) is 5.32 Å². The topological polar surface area (TPSA) is 102 Å². The molecule has 0 aromatic heterocycles. The first-order valence-corrected chi connectivity index (χ1v) is 5.72. The van der Waals surface area contributed by atoms with Gasteiger partial charge in [-0.2, -0.15) is 0 Å². The Kier molecular flexibility index (Phi) is 5.68. The summed E-state index contributed by atoms with van der Waals surface area (Å²) in [7, 11) is 1.19. The molecule has 0 aliphatic heterocycles. The third-order valence-electron chi connectivity index (χ3n) is 2.45. The maximum atomic E-state index is 11.2. The number of nitrogens with one attached hydrogen (secondary N) is 1. The van der Waals surface area contributed by atoms with Crippen molar-refractivity contribution in [3.63, 3.8) is 0 Å². The smallest absolute Gasteiger partial charge is 0.325 e. The molecule has 0 bridgehead atoms. The number of methoxy groups -OCH3 is 1. The zero-order valence-corrected chi connectivity index (χ0v) is 10.9. The molecule has 0 amide bonds. The first-order valence-electron chi connectivity index (χ1n) is 5.34. The molecule has 7 nitrogen and oxygen atoms in total. The number of halogens is 1. The van der Waals surface area contributed by atoms with Crippen LogP contribution in [0.2, 0.25) is 5.02 Å². The van der Waals surface area contributed by atoms with Crippen LogP contribution in [-0.4, -0.2) is 35.8 Å². The zero-order valence-electron chi connectivity index (χ0n) is 10.1. The van der Waals surface area contributed by atoms with Gasteiger partial charge in [-0.25, -0.2) is 0 Å². The highest BCUT2D eigenvalue weighted by molar-refractivity contribution is 6.30. The number of hydrogen-bond donors (Lipinski definition) is 2. The normalized spacial score (nSPS) is 11.9. The SMILES string of the molecule is COC(=O)C(CO)NCc1cc(Cl)ccc1[N+](=O)[O-]. The predicted molar refractivity (Wildman–Crippen MR) is 67.8 cm³/mol. The number of benzene rings is 1. The van der Waals surface area contributed by atoms with Gasteiger partial charge in [-0.3, -0.25) is 20.2 Å². The van der Waals surface area contributed by atoms with Gasteiger partial charge in [0.15, 0.2) is 0 Å². The van der Waals surface area contributed by atoms with E-state index in [2.05, 4.69) is 10.1 Å².